The number of nitrogens with one attached hydrogen (secondary N) is 2. The smallest absolute Gasteiger partial charge is 0.253 e. The summed E-state index contributed by atoms with van der Waals surface area (Å²) in [5, 5.41) is 6.72. The Bertz CT molecular complexity index is 614. The lowest BCUT2D eigenvalue weighted by molar-refractivity contribution is 0.0827. The first-order valence-electron chi connectivity index (χ1n) is 9.54. The maximum atomic E-state index is 12.1. The number of aliphatic imine (C=N–C) groups is 1. The van der Waals surface area contributed by atoms with Gasteiger partial charge in [0.25, 0.3) is 5.91 Å². The van der Waals surface area contributed by atoms with Gasteiger partial charge in [-0.15, -0.1) is 0 Å². The van der Waals surface area contributed by atoms with Crippen LogP contribution < -0.4 is 10.6 Å². The van der Waals surface area contributed by atoms with Gasteiger partial charge in [-0.25, -0.2) is 0 Å². The molecule has 26 heavy (non-hydrogen) atoms. The van der Waals surface area contributed by atoms with Crippen molar-refractivity contribution in [3.05, 3.63) is 35.4 Å². The molecule has 2 N–H and O–H groups in total. The molecule has 1 atom stereocenters. The fourth-order valence-corrected chi connectivity index (χ4v) is 3.19. The van der Waals surface area contributed by atoms with Crippen molar-refractivity contribution in [2.24, 2.45) is 4.99 Å². The molecule has 0 aliphatic carbocycles. The highest BCUT2D eigenvalue weighted by molar-refractivity contribution is 5.94. The van der Waals surface area contributed by atoms with Crippen molar-refractivity contribution in [3.63, 3.8) is 0 Å². The van der Waals surface area contributed by atoms with Crippen molar-refractivity contribution in [2.45, 2.75) is 32.2 Å². The molecule has 1 aliphatic rings. The molecule has 1 saturated heterocycles. The molecule has 0 spiro atoms. The van der Waals surface area contributed by atoms with Crippen LogP contribution in [0.15, 0.2) is 29.3 Å². The van der Waals surface area contributed by atoms with Crippen LogP contribution >= 0.6 is 0 Å². The number of carbonyl (C=O) groups excluding carboxylic acids is 1. The Hall–Kier alpha value is -2.08. The van der Waals surface area contributed by atoms with Crippen LogP contribution in [0, 0.1) is 0 Å². The topological polar surface area (TPSA) is 60.0 Å². The first kappa shape index (κ1) is 20.2. The zero-order chi connectivity index (χ0) is 18.9. The van der Waals surface area contributed by atoms with Gasteiger partial charge >= 0.3 is 0 Å². The molecule has 0 bridgehead atoms. The number of hydrogen-bond acceptors (Lipinski definition) is 3. The van der Waals surface area contributed by atoms with Crippen LogP contribution in [0.25, 0.3) is 0 Å². The van der Waals surface area contributed by atoms with Crippen LogP contribution in [0.2, 0.25) is 0 Å². The summed E-state index contributed by atoms with van der Waals surface area (Å²) in [4.78, 5) is 20.8. The van der Waals surface area contributed by atoms with E-state index in [1.807, 2.05) is 18.2 Å². The quantitative estimate of drug-likeness (QED) is 0.573. The van der Waals surface area contributed by atoms with E-state index < -0.39 is 0 Å². The van der Waals surface area contributed by atoms with Crippen molar-refractivity contribution < 1.29 is 4.79 Å². The lowest BCUT2D eigenvalue weighted by Gasteiger charge is -2.18. The van der Waals surface area contributed by atoms with Crippen LogP contribution in [0.5, 0.6) is 0 Å². The second-order valence-corrected chi connectivity index (χ2v) is 7.07. The Balaban J connectivity index is 1.87. The summed E-state index contributed by atoms with van der Waals surface area (Å²) in [5.41, 5.74) is 1.88. The van der Waals surface area contributed by atoms with E-state index in [9.17, 15) is 4.79 Å². The van der Waals surface area contributed by atoms with Gasteiger partial charge in [0.1, 0.15) is 0 Å². The number of hydrogen-bond donors (Lipinski definition) is 2. The number of amides is 1. The fourth-order valence-electron chi connectivity index (χ4n) is 3.19. The Kier molecular flexibility index (Phi) is 7.91. The minimum atomic E-state index is 0.0374. The van der Waals surface area contributed by atoms with Gasteiger partial charge in [0.15, 0.2) is 5.96 Å². The lowest BCUT2D eigenvalue weighted by atomic mass is 10.1. The van der Waals surface area contributed by atoms with E-state index in [2.05, 4.69) is 35.6 Å². The number of likely N-dealkylation sites (N-methyl/N-ethyl adjacent to an activating group) is 1. The summed E-state index contributed by atoms with van der Waals surface area (Å²) in [7, 11) is 5.73. The Morgan fingerprint density at radius 2 is 2.15 bits per heavy atom. The molecular formula is C20H33N5O. The summed E-state index contributed by atoms with van der Waals surface area (Å²) >= 11 is 0. The highest BCUT2D eigenvalue weighted by Gasteiger charge is 2.20. The van der Waals surface area contributed by atoms with E-state index >= 15 is 0 Å². The van der Waals surface area contributed by atoms with Gasteiger partial charge < -0.3 is 20.4 Å². The summed E-state index contributed by atoms with van der Waals surface area (Å²) in [5.74, 6) is 0.906. The van der Waals surface area contributed by atoms with E-state index in [1.54, 1.807) is 19.0 Å². The third-order valence-electron chi connectivity index (χ3n) is 4.76. The van der Waals surface area contributed by atoms with Gasteiger partial charge in [-0.2, -0.15) is 0 Å². The average Bonchev–Trinajstić information content (AvgIpc) is 3.04. The molecule has 1 aromatic rings. The first-order valence-corrected chi connectivity index (χ1v) is 9.54. The van der Waals surface area contributed by atoms with Gasteiger partial charge in [0.2, 0.25) is 0 Å². The van der Waals surface area contributed by atoms with Crippen molar-refractivity contribution in [3.8, 4) is 0 Å². The molecule has 1 heterocycles. The number of guanidine groups is 1. The molecule has 6 nitrogen and oxygen atoms in total. The zero-order valence-corrected chi connectivity index (χ0v) is 16.6. The van der Waals surface area contributed by atoms with E-state index in [0.29, 0.717) is 6.04 Å². The SMILES string of the molecule is CCNC(=NCC1CCCN1C)NCCc1cccc(C(=O)N(C)C)c1. The molecule has 1 fully saturated rings. The molecule has 1 aliphatic heterocycles. The molecule has 6 heteroatoms. The van der Waals surface area contributed by atoms with Crippen LogP contribution in [-0.4, -0.2) is 75.0 Å². The van der Waals surface area contributed by atoms with Crippen molar-refractivity contribution in [1.29, 1.82) is 0 Å². The minimum absolute atomic E-state index is 0.0374. The first-order chi connectivity index (χ1) is 12.5. The monoisotopic (exact) mass is 359 g/mol. The van der Waals surface area contributed by atoms with E-state index in [1.165, 1.54) is 19.4 Å². The molecule has 144 valence electrons. The second-order valence-electron chi connectivity index (χ2n) is 7.07. The maximum Gasteiger partial charge on any atom is 0.253 e. The number of rotatable bonds is 7. The van der Waals surface area contributed by atoms with Gasteiger partial charge in [0, 0.05) is 38.8 Å². The highest BCUT2D eigenvalue weighted by atomic mass is 16.2. The van der Waals surface area contributed by atoms with E-state index in [0.717, 1.165) is 43.1 Å². The van der Waals surface area contributed by atoms with Crippen LogP contribution in [-0.2, 0) is 6.42 Å². The molecule has 0 radical (unpaired) electrons. The fraction of sp³-hybridized carbons (Fsp3) is 0.600. The molecule has 1 amide bonds. The van der Waals surface area contributed by atoms with Gasteiger partial charge in [-0.1, -0.05) is 12.1 Å². The predicted molar refractivity (Wildman–Crippen MR) is 108 cm³/mol. The van der Waals surface area contributed by atoms with Gasteiger partial charge in [0.05, 0.1) is 6.54 Å². The van der Waals surface area contributed by atoms with E-state index in [-0.39, 0.29) is 5.91 Å². The Labute approximate surface area is 157 Å². The minimum Gasteiger partial charge on any atom is -0.357 e. The predicted octanol–water partition coefficient (Wildman–Crippen LogP) is 1.58. The Morgan fingerprint density at radius 1 is 1.35 bits per heavy atom. The second kappa shape index (κ2) is 10.2. The summed E-state index contributed by atoms with van der Waals surface area (Å²) in [6, 6.07) is 8.40. The third kappa shape index (κ3) is 6.02. The number of nitrogens with zero attached hydrogens (tertiary/aromatic N) is 3. The number of benzene rings is 1. The highest BCUT2D eigenvalue weighted by Crippen LogP contribution is 2.14. The molecule has 0 aromatic heterocycles. The molecule has 2 rings (SSSR count). The molecular weight excluding hydrogens is 326 g/mol. The van der Waals surface area contributed by atoms with Gasteiger partial charge in [-0.3, -0.25) is 9.79 Å². The van der Waals surface area contributed by atoms with Crippen LogP contribution in [0.4, 0.5) is 0 Å². The number of likely N-dealkylation sites (tertiary alicyclic amines) is 1. The van der Waals surface area contributed by atoms with E-state index in [4.69, 9.17) is 4.99 Å². The van der Waals surface area contributed by atoms with Crippen molar-refractivity contribution >= 4 is 11.9 Å². The zero-order valence-electron chi connectivity index (χ0n) is 16.6. The standard InChI is InChI=1S/C20H33N5O/c1-5-21-20(23-15-18-10-7-13-25(18)4)22-12-11-16-8-6-9-17(14-16)19(26)24(2)3/h6,8-9,14,18H,5,7,10-13,15H2,1-4H3,(H2,21,22,23). The van der Waals surface area contributed by atoms with Crippen LogP contribution in [0.3, 0.4) is 0 Å². The van der Waals surface area contributed by atoms with Crippen molar-refractivity contribution in [1.82, 2.24) is 20.4 Å². The van der Waals surface area contributed by atoms with Crippen molar-refractivity contribution in [2.75, 3.05) is 47.3 Å². The normalized spacial score (nSPS) is 18.0. The summed E-state index contributed by atoms with van der Waals surface area (Å²) in [6.45, 7) is 5.71. The molecule has 1 unspecified atom stereocenters. The average molecular weight is 360 g/mol. The Morgan fingerprint density at radius 3 is 2.81 bits per heavy atom. The largest absolute Gasteiger partial charge is 0.357 e. The number of carbonyl (C=O) groups is 1. The molecule has 0 saturated carbocycles. The van der Waals surface area contributed by atoms with Gasteiger partial charge in [-0.05, 0) is 57.5 Å². The van der Waals surface area contributed by atoms with Crippen LogP contribution in [0.1, 0.15) is 35.7 Å². The summed E-state index contributed by atoms with van der Waals surface area (Å²) < 4.78 is 0. The summed E-state index contributed by atoms with van der Waals surface area (Å²) in [6.07, 6.45) is 3.34. The maximum absolute atomic E-state index is 12.1. The molecule has 1 aromatic carbocycles. The third-order valence-corrected chi connectivity index (χ3v) is 4.76. The lowest BCUT2D eigenvalue weighted by Crippen LogP contribution is -2.39.